The predicted octanol–water partition coefficient (Wildman–Crippen LogP) is 4.40. The van der Waals surface area contributed by atoms with Crippen molar-refractivity contribution in [3.8, 4) is 11.5 Å². The first kappa shape index (κ1) is 24.1. The maximum atomic E-state index is 13.4. The van der Waals surface area contributed by atoms with Crippen molar-refractivity contribution in [2.24, 2.45) is 11.8 Å². The van der Waals surface area contributed by atoms with E-state index in [9.17, 15) is 9.59 Å². The minimum atomic E-state index is -0.197. The van der Waals surface area contributed by atoms with Crippen LogP contribution in [0.2, 0.25) is 0 Å². The molecule has 1 aromatic heterocycles. The van der Waals surface area contributed by atoms with Gasteiger partial charge < -0.3 is 19.3 Å². The highest BCUT2D eigenvalue weighted by atomic mass is 32.1. The number of thiophene rings is 1. The van der Waals surface area contributed by atoms with E-state index in [4.69, 9.17) is 9.47 Å². The van der Waals surface area contributed by atoms with E-state index in [-0.39, 0.29) is 30.3 Å². The molecule has 3 rings (SSSR count). The lowest BCUT2D eigenvalue weighted by molar-refractivity contribution is -0.144. The van der Waals surface area contributed by atoms with Crippen molar-refractivity contribution in [3.05, 3.63) is 46.2 Å². The lowest BCUT2D eigenvalue weighted by atomic mass is 10.00. The summed E-state index contributed by atoms with van der Waals surface area (Å²) < 4.78 is 11.5. The molecule has 0 radical (unpaired) electrons. The molecule has 0 bridgehead atoms. The van der Waals surface area contributed by atoms with Gasteiger partial charge in [0.15, 0.2) is 11.5 Å². The largest absolute Gasteiger partial charge is 0.493 e. The Morgan fingerprint density at radius 1 is 1.16 bits per heavy atom. The van der Waals surface area contributed by atoms with E-state index in [1.807, 2.05) is 43.0 Å². The van der Waals surface area contributed by atoms with Crippen LogP contribution in [0.4, 0.5) is 0 Å². The van der Waals surface area contributed by atoms with E-state index in [1.165, 1.54) is 4.88 Å². The minimum Gasteiger partial charge on any atom is -0.493 e. The van der Waals surface area contributed by atoms with E-state index in [2.05, 4.69) is 25.3 Å². The zero-order valence-corrected chi connectivity index (χ0v) is 20.5. The van der Waals surface area contributed by atoms with Gasteiger partial charge >= 0.3 is 0 Å². The number of carbonyl (C=O) groups is 2. The Hall–Kier alpha value is -2.54. The molecule has 1 atom stereocenters. The first-order valence-corrected chi connectivity index (χ1v) is 12.1. The molecule has 2 aromatic rings. The van der Waals surface area contributed by atoms with E-state index < -0.39 is 0 Å². The number of fused-ring (bicyclic) bond motifs is 1. The average Bonchev–Trinajstić information content (AvgIpc) is 3.25. The Bertz CT molecular complexity index is 924. The third-order valence-corrected chi connectivity index (χ3v) is 6.59. The maximum absolute atomic E-state index is 13.4. The van der Waals surface area contributed by atoms with Gasteiger partial charge in [0.25, 0.3) is 0 Å². The van der Waals surface area contributed by atoms with Crippen LogP contribution in [0.3, 0.4) is 0 Å². The summed E-state index contributed by atoms with van der Waals surface area (Å²) in [5.41, 5.74) is 1.13. The highest BCUT2D eigenvalue weighted by molar-refractivity contribution is 7.10. The first-order chi connectivity index (χ1) is 15.3. The average molecular weight is 459 g/mol. The molecule has 2 heterocycles. The minimum absolute atomic E-state index is 0.0158. The van der Waals surface area contributed by atoms with E-state index >= 15 is 0 Å². The number of nitrogens with zero attached hydrogens (tertiary/aromatic N) is 2. The number of hydrogen-bond donors (Lipinski definition) is 0. The van der Waals surface area contributed by atoms with Gasteiger partial charge in [-0.25, -0.2) is 0 Å². The first-order valence-electron chi connectivity index (χ1n) is 11.2. The second-order valence-corrected chi connectivity index (χ2v) is 9.88. The monoisotopic (exact) mass is 458 g/mol. The molecule has 1 aliphatic rings. The lowest BCUT2D eigenvalue weighted by Crippen LogP contribution is -2.49. The molecule has 174 valence electrons. The van der Waals surface area contributed by atoms with E-state index in [0.717, 1.165) is 12.0 Å². The summed E-state index contributed by atoms with van der Waals surface area (Å²) in [5, 5.41) is 2.07. The molecule has 0 spiro atoms. The molecule has 0 saturated heterocycles. The molecule has 2 amide bonds. The van der Waals surface area contributed by atoms with Crippen LogP contribution >= 0.6 is 11.3 Å². The van der Waals surface area contributed by atoms with Gasteiger partial charge in [-0.3, -0.25) is 9.59 Å². The van der Waals surface area contributed by atoms with Gasteiger partial charge in [0, 0.05) is 23.9 Å². The fourth-order valence-electron chi connectivity index (χ4n) is 4.07. The van der Waals surface area contributed by atoms with Crippen LogP contribution in [-0.4, -0.2) is 55.0 Å². The van der Waals surface area contributed by atoms with Crippen LogP contribution in [0.5, 0.6) is 11.5 Å². The number of rotatable bonds is 9. The normalized spacial score (nSPS) is 15.6. The van der Waals surface area contributed by atoms with Crippen LogP contribution in [0.15, 0.2) is 35.7 Å². The van der Waals surface area contributed by atoms with Gasteiger partial charge in [0.2, 0.25) is 11.8 Å². The van der Waals surface area contributed by atoms with Crippen molar-refractivity contribution < 1.29 is 19.1 Å². The van der Waals surface area contributed by atoms with Gasteiger partial charge in [-0.05, 0) is 41.5 Å². The molecule has 1 aromatic carbocycles. The smallest absolute Gasteiger partial charge is 0.242 e. The molecule has 0 aliphatic carbocycles. The SMILES string of the molecule is COc1ccccc1OCC1c2ccsc2CCN1C(=O)CN(CC(C)C)C(=O)C(C)C. The molecule has 1 unspecified atom stereocenters. The molecule has 0 fully saturated rings. The number of carbonyl (C=O) groups excluding carboxylic acids is 2. The van der Waals surface area contributed by atoms with E-state index in [0.29, 0.717) is 37.1 Å². The van der Waals surface area contributed by atoms with Gasteiger partial charge in [0.1, 0.15) is 6.61 Å². The molecule has 0 N–H and O–H groups in total. The Morgan fingerprint density at radius 2 is 1.88 bits per heavy atom. The fourth-order valence-corrected chi connectivity index (χ4v) is 5.00. The third kappa shape index (κ3) is 5.63. The third-order valence-electron chi connectivity index (χ3n) is 5.60. The summed E-state index contributed by atoms with van der Waals surface area (Å²) >= 11 is 1.72. The number of amides is 2. The van der Waals surface area contributed by atoms with Crippen molar-refractivity contribution in [1.82, 2.24) is 9.80 Å². The number of hydrogen-bond acceptors (Lipinski definition) is 5. The molecule has 7 heteroatoms. The maximum Gasteiger partial charge on any atom is 0.242 e. The second kappa shape index (κ2) is 10.9. The zero-order valence-electron chi connectivity index (χ0n) is 19.7. The number of ether oxygens (including phenoxy) is 2. The summed E-state index contributed by atoms with van der Waals surface area (Å²) in [6.07, 6.45) is 0.826. The zero-order chi connectivity index (χ0) is 23.3. The Morgan fingerprint density at radius 3 is 2.53 bits per heavy atom. The van der Waals surface area contributed by atoms with Gasteiger partial charge in [-0.2, -0.15) is 0 Å². The Kier molecular flexibility index (Phi) is 8.18. The van der Waals surface area contributed by atoms with Crippen molar-refractivity contribution in [2.45, 2.75) is 40.2 Å². The standard InChI is InChI=1S/C25H34N2O4S/c1-17(2)14-26(25(29)18(3)4)15-24(28)27-12-10-23-19(11-13-32-23)20(27)16-31-22-9-7-6-8-21(22)30-5/h6-9,11,13,17-18,20H,10,12,14-16H2,1-5H3. The summed E-state index contributed by atoms with van der Waals surface area (Å²) in [4.78, 5) is 31.1. The van der Waals surface area contributed by atoms with Crippen LogP contribution in [0, 0.1) is 11.8 Å². The van der Waals surface area contributed by atoms with Crippen LogP contribution in [-0.2, 0) is 16.0 Å². The van der Waals surface area contributed by atoms with Crippen LogP contribution in [0.1, 0.15) is 44.2 Å². The van der Waals surface area contributed by atoms with Crippen molar-refractivity contribution in [2.75, 3.05) is 33.4 Å². The Labute approximate surface area is 195 Å². The lowest BCUT2D eigenvalue weighted by Gasteiger charge is -2.37. The second-order valence-electron chi connectivity index (χ2n) is 8.88. The fraction of sp³-hybridized carbons (Fsp3) is 0.520. The van der Waals surface area contributed by atoms with Crippen molar-refractivity contribution in [1.29, 1.82) is 0 Å². The van der Waals surface area contributed by atoms with Gasteiger partial charge in [-0.15, -0.1) is 11.3 Å². The molecule has 32 heavy (non-hydrogen) atoms. The van der Waals surface area contributed by atoms with E-state index in [1.54, 1.807) is 23.3 Å². The predicted molar refractivity (Wildman–Crippen MR) is 127 cm³/mol. The highest BCUT2D eigenvalue weighted by Gasteiger charge is 2.34. The molecular weight excluding hydrogens is 424 g/mol. The summed E-state index contributed by atoms with van der Waals surface area (Å²) in [7, 11) is 1.62. The van der Waals surface area contributed by atoms with Gasteiger partial charge in [-0.1, -0.05) is 39.8 Å². The number of methoxy groups -OCH3 is 1. The number of benzene rings is 1. The molecule has 1 aliphatic heterocycles. The highest BCUT2D eigenvalue weighted by Crippen LogP contribution is 2.35. The molecular formula is C25H34N2O4S. The topological polar surface area (TPSA) is 59.1 Å². The quantitative estimate of drug-likeness (QED) is 0.559. The molecule has 6 nitrogen and oxygen atoms in total. The van der Waals surface area contributed by atoms with Crippen LogP contribution in [0.25, 0.3) is 0 Å². The van der Waals surface area contributed by atoms with Crippen molar-refractivity contribution in [3.63, 3.8) is 0 Å². The van der Waals surface area contributed by atoms with Crippen molar-refractivity contribution >= 4 is 23.2 Å². The van der Waals surface area contributed by atoms with Crippen LogP contribution < -0.4 is 9.47 Å². The summed E-state index contributed by atoms with van der Waals surface area (Å²) in [5.74, 6) is 1.45. The Balaban J connectivity index is 1.80. The number of para-hydroxylation sites is 2. The van der Waals surface area contributed by atoms with Gasteiger partial charge in [0.05, 0.1) is 19.7 Å². The summed E-state index contributed by atoms with van der Waals surface area (Å²) in [6.45, 7) is 9.50. The summed E-state index contributed by atoms with van der Waals surface area (Å²) in [6, 6.07) is 9.41. The molecule has 0 saturated carbocycles.